The molecule has 0 saturated carbocycles. The molecule has 1 N–H and O–H groups in total. The summed E-state index contributed by atoms with van der Waals surface area (Å²) in [5.41, 5.74) is 2.45. The Morgan fingerprint density at radius 1 is 1.09 bits per heavy atom. The zero-order valence-electron chi connectivity index (χ0n) is 21.2. The van der Waals surface area contributed by atoms with E-state index in [1.165, 1.54) is 31.3 Å². The molecule has 2 heterocycles. The minimum absolute atomic E-state index is 0.0664. The van der Waals surface area contributed by atoms with Crippen molar-refractivity contribution in [2.24, 2.45) is 11.8 Å². The Kier molecular flexibility index (Phi) is 7.84. The molecule has 1 aromatic rings. The molecule has 5 rings (SSSR count). The normalized spacial score (nSPS) is 32.1. The van der Waals surface area contributed by atoms with E-state index in [-0.39, 0.29) is 24.0 Å². The summed E-state index contributed by atoms with van der Waals surface area (Å²) in [6, 6.07) is 2.04. The Bertz CT molecular complexity index is 997. The van der Waals surface area contributed by atoms with Crippen LogP contribution in [0.4, 0.5) is 0 Å². The van der Waals surface area contributed by atoms with Crippen molar-refractivity contribution >= 4 is 0 Å². The summed E-state index contributed by atoms with van der Waals surface area (Å²) in [7, 11) is 0. The number of ether oxygens (including phenoxy) is 2. The average Bonchev–Trinajstić information content (AvgIpc) is 3.28. The summed E-state index contributed by atoms with van der Waals surface area (Å²) in [5, 5.41) is 10.7. The second-order valence-electron chi connectivity index (χ2n) is 10.5. The molecule has 5 heteroatoms. The fraction of sp³-hybridized carbons (Fsp3) is 0.600. The van der Waals surface area contributed by atoms with Crippen LogP contribution in [0.2, 0.25) is 0 Å². The first-order valence-electron chi connectivity index (χ1n) is 13.7. The maximum Gasteiger partial charge on any atom is 0.216 e. The first-order chi connectivity index (χ1) is 17.2. The number of unbranched alkanes of at least 4 members (excludes halogenated alkanes) is 1. The van der Waals surface area contributed by atoms with Crippen molar-refractivity contribution in [2.75, 3.05) is 6.61 Å². The number of rotatable bonds is 9. The zero-order valence-corrected chi connectivity index (χ0v) is 21.2. The second-order valence-corrected chi connectivity index (χ2v) is 10.5. The Hall–Kier alpha value is -2.24. The molecule has 0 spiro atoms. The molecule has 0 aromatic carbocycles. The predicted molar refractivity (Wildman–Crippen MR) is 138 cm³/mol. The SMILES string of the molecule is CCCCC(CC)COc1cc(C2CCC=C3C4CCC=CC4OC32)nc(C2C=CC=CC2O)n1. The number of nitrogens with zero attached hydrogens (tertiary/aromatic N) is 2. The molecule has 35 heavy (non-hydrogen) atoms. The van der Waals surface area contributed by atoms with Crippen LogP contribution in [0.15, 0.2) is 54.2 Å². The summed E-state index contributed by atoms with van der Waals surface area (Å²) in [5.74, 6) is 2.21. The highest BCUT2D eigenvalue weighted by Crippen LogP contribution is 2.48. The van der Waals surface area contributed by atoms with Gasteiger partial charge in [-0.25, -0.2) is 4.98 Å². The molecule has 4 aliphatic rings. The van der Waals surface area contributed by atoms with E-state index < -0.39 is 6.10 Å². The number of hydrogen-bond donors (Lipinski definition) is 1. The standard InChI is InChI=1S/C30H40N2O3/c1-3-5-11-20(4-2)19-34-28-18-25(31-30(32-28)24-13-6-8-16-26(24)33)23-15-10-14-22-21-12-7-9-17-27(21)35-29(22)23/h6,8-9,13-14,16-18,20-21,23-24,26-27,29,33H,3-5,7,10-12,15,19H2,1-2H3. The van der Waals surface area contributed by atoms with Crippen molar-refractivity contribution in [1.29, 1.82) is 0 Å². The van der Waals surface area contributed by atoms with Gasteiger partial charge in [-0.15, -0.1) is 0 Å². The van der Waals surface area contributed by atoms with Gasteiger partial charge in [-0.2, -0.15) is 4.98 Å². The molecule has 0 bridgehead atoms. The fourth-order valence-corrected chi connectivity index (χ4v) is 6.05. The van der Waals surface area contributed by atoms with Gasteiger partial charge in [0.25, 0.3) is 0 Å². The molecule has 1 aromatic heterocycles. The maximum absolute atomic E-state index is 10.7. The third kappa shape index (κ3) is 5.31. The Balaban J connectivity index is 1.43. The molecule has 7 unspecified atom stereocenters. The van der Waals surface area contributed by atoms with Crippen molar-refractivity contribution in [3.63, 3.8) is 0 Å². The molecule has 1 aliphatic heterocycles. The van der Waals surface area contributed by atoms with Crippen molar-refractivity contribution in [2.45, 2.75) is 95.4 Å². The minimum atomic E-state index is -0.631. The minimum Gasteiger partial charge on any atom is -0.477 e. The van der Waals surface area contributed by atoms with E-state index in [2.05, 4.69) is 32.1 Å². The quantitative estimate of drug-likeness (QED) is 0.431. The molecular formula is C30H40N2O3. The van der Waals surface area contributed by atoms with Gasteiger partial charge in [-0.05, 0) is 43.6 Å². The van der Waals surface area contributed by atoms with E-state index in [0.29, 0.717) is 30.1 Å². The Morgan fingerprint density at radius 3 is 2.77 bits per heavy atom. The highest BCUT2D eigenvalue weighted by molar-refractivity contribution is 5.34. The molecular weight excluding hydrogens is 436 g/mol. The van der Waals surface area contributed by atoms with Crippen molar-refractivity contribution in [3.8, 4) is 5.88 Å². The van der Waals surface area contributed by atoms with Gasteiger partial charge in [-0.1, -0.05) is 75.6 Å². The van der Waals surface area contributed by atoms with Crippen LogP contribution in [0.5, 0.6) is 5.88 Å². The lowest BCUT2D eigenvalue weighted by Gasteiger charge is -2.29. The van der Waals surface area contributed by atoms with Gasteiger partial charge < -0.3 is 14.6 Å². The monoisotopic (exact) mass is 476 g/mol. The van der Waals surface area contributed by atoms with Gasteiger partial charge in [0.15, 0.2) is 0 Å². The lowest BCUT2D eigenvalue weighted by Crippen LogP contribution is -2.26. The van der Waals surface area contributed by atoms with E-state index in [1.54, 1.807) is 6.08 Å². The van der Waals surface area contributed by atoms with Crippen molar-refractivity contribution in [1.82, 2.24) is 9.97 Å². The maximum atomic E-state index is 10.7. The number of fused-ring (bicyclic) bond motifs is 3. The third-order valence-electron chi connectivity index (χ3n) is 8.18. The highest BCUT2D eigenvalue weighted by Gasteiger charge is 2.45. The third-order valence-corrected chi connectivity index (χ3v) is 8.18. The van der Waals surface area contributed by atoms with Gasteiger partial charge in [0.2, 0.25) is 5.88 Å². The van der Waals surface area contributed by atoms with Crippen LogP contribution in [-0.4, -0.2) is 40.0 Å². The highest BCUT2D eigenvalue weighted by atomic mass is 16.5. The Labute approximate surface area is 210 Å². The van der Waals surface area contributed by atoms with Gasteiger partial charge in [0.05, 0.1) is 36.5 Å². The molecule has 7 atom stereocenters. The van der Waals surface area contributed by atoms with Gasteiger partial charge in [0, 0.05) is 17.9 Å². The first-order valence-corrected chi connectivity index (χ1v) is 13.7. The van der Waals surface area contributed by atoms with Crippen molar-refractivity contribution < 1.29 is 14.6 Å². The molecule has 3 aliphatic carbocycles. The number of aliphatic hydroxyl groups is 1. The van der Waals surface area contributed by atoms with Crippen LogP contribution in [0, 0.1) is 11.8 Å². The van der Waals surface area contributed by atoms with Crippen LogP contribution < -0.4 is 4.74 Å². The topological polar surface area (TPSA) is 64.5 Å². The van der Waals surface area contributed by atoms with E-state index in [1.807, 2.05) is 24.3 Å². The lowest BCUT2D eigenvalue weighted by atomic mass is 9.77. The smallest absolute Gasteiger partial charge is 0.216 e. The van der Waals surface area contributed by atoms with E-state index in [0.717, 1.165) is 31.4 Å². The number of allylic oxidation sites excluding steroid dienone is 4. The van der Waals surface area contributed by atoms with Crippen LogP contribution in [0.1, 0.15) is 88.6 Å². The van der Waals surface area contributed by atoms with Gasteiger partial charge >= 0.3 is 0 Å². The number of aromatic nitrogens is 2. The van der Waals surface area contributed by atoms with E-state index >= 15 is 0 Å². The number of aliphatic hydroxyl groups excluding tert-OH is 1. The van der Waals surface area contributed by atoms with Crippen LogP contribution in [-0.2, 0) is 4.74 Å². The molecule has 0 amide bonds. The second kappa shape index (κ2) is 11.2. The average molecular weight is 477 g/mol. The summed E-state index contributed by atoms with van der Waals surface area (Å²) in [6.45, 7) is 5.13. The summed E-state index contributed by atoms with van der Waals surface area (Å²) in [4.78, 5) is 9.85. The van der Waals surface area contributed by atoms with E-state index in [4.69, 9.17) is 19.4 Å². The number of hydrogen-bond acceptors (Lipinski definition) is 5. The van der Waals surface area contributed by atoms with Gasteiger partial charge in [0.1, 0.15) is 5.82 Å². The Morgan fingerprint density at radius 2 is 1.94 bits per heavy atom. The van der Waals surface area contributed by atoms with Crippen LogP contribution >= 0.6 is 0 Å². The summed E-state index contributed by atoms with van der Waals surface area (Å²) in [6.07, 6.45) is 23.2. The molecule has 0 radical (unpaired) electrons. The fourth-order valence-electron chi connectivity index (χ4n) is 6.05. The van der Waals surface area contributed by atoms with Crippen molar-refractivity contribution in [3.05, 3.63) is 65.7 Å². The predicted octanol–water partition coefficient (Wildman–Crippen LogP) is 6.18. The molecule has 1 saturated heterocycles. The molecule has 5 nitrogen and oxygen atoms in total. The molecule has 1 fully saturated rings. The van der Waals surface area contributed by atoms with Crippen LogP contribution in [0.25, 0.3) is 0 Å². The largest absolute Gasteiger partial charge is 0.477 e. The van der Waals surface area contributed by atoms with Crippen LogP contribution in [0.3, 0.4) is 0 Å². The lowest BCUT2D eigenvalue weighted by molar-refractivity contribution is 0.0456. The first kappa shape index (κ1) is 24.5. The molecule has 188 valence electrons. The summed E-state index contributed by atoms with van der Waals surface area (Å²) >= 11 is 0. The van der Waals surface area contributed by atoms with E-state index in [9.17, 15) is 5.11 Å². The zero-order chi connectivity index (χ0) is 24.2. The van der Waals surface area contributed by atoms with Gasteiger partial charge in [-0.3, -0.25) is 0 Å². The summed E-state index contributed by atoms with van der Waals surface area (Å²) < 4.78 is 12.9.